The van der Waals surface area contributed by atoms with Crippen molar-refractivity contribution in [2.75, 3.05) is 0 Å². The van der Waals surface area contributed by atoms with Crippen molar-refractivity contribution in [3.63, 3.8) is 0 Å². The van der Waals surface area contributed by atoms with Gasteiger partial charge in [0.05, 0.1) is 0 Å². The Labute approximate surface area is 501 Å². The van der Waals surface area contributed by atoms with Crippen LogP contribution in [0.5, 0.6) is 0 Å². The van der Waals surface area contributed by atoms with Crippen LogP contribution < -0.4 is 0 Å². The van der Waals surface area contributed by atoms with Crippen LogP contribution in [0.3, 0.4) is 0 Å². The van der Waals surface area contributed by atoms with Gasteiger partial charge in [-0.2, -0.15) is 0 Å². The van der Waals surface area contributed by atoms with E-state index in [1.165, 1.54) is 38.9 Å². The first kappa shape index (κ1) is 53.9. The first-order valence-electron chi connectivity index (χ1n) is 28.1. The van der Waals surface area contributed by atoms with Crippen LogP contribution in [0.1, 0.15) is 22.3 Å². The quantitative estimate of drug-likeness (QED) is 0.0905. The molecule has 13 rings (SSSR count). The molecule has 0 saturated heterocycles. The standard InChI is InChI=1S/C79H56N3.Ir/c1-5-18-60(19-6-1)64-40-42-65(43-41-64)75-52-79(71-31-17-28-68(51-71)63-24-11-4-12-25-63)82-55-76(75)74-33-14-13-32-73(74)72-47-58(36-34-56-38-44-77(80-53-56)69-29-15-26-66(49-69)61-20-7-2-8-21-61)46-59(48-72)37-35-57-39-45-78(81-54-57)70-30-16-27-67(50-70)62-22-9-3-10-23-62;/h1-33,38-48,52-55H,34-37H2;/q-3;+3. The van der Waals surface area contributed by atoms with Crippen LogP contribution in [-0.2, 0) is 45.8 Å². The molecule has 4 heteroatoms. The van der Waals surface area contributed by atoms with E-state index in [0.717, 1.165) is 121 Å². The second kappa shape index (κ2) is 25.4. The smallest absolute Gasteiger partial charge is 0.295 e. The van der Waals surface area contributed by atoms with Crippen LogP contribution in [0.4, 0.5) is 0 Å². The van der Waals surface area contributed by atoms with Gasteiger partial charge in [0.15, 0.2) is 0 Å². The number of aryl methyl sites for hydroxylation is 4. The molecule has 0 aliphatic heterocycles. The number of nitrogens with zero attached hydrogens (tertiary/aromatic N) is 3. The van der Waals surface area contributed by atoms with E-state index in [2.05, 4.69) is 279 Å². The minimum Gasteiger partial charge on any atom is -0.295 e. The van der Waals surface area contributed by atoms with Gasteiger partial charge in [0.2, 0.25) is 0 Å². The summed E-state index contributed by atoms with van der Waals surface area (Å²) in [5, 5.41) is 0. The summed E-state index contributed by atoms with van der Waals surface area (Å²) in [6, 6.07) is 108. The van der Waals surface area contributed by atoms with E-state index in [9.17, 15) is 0 Å². The second-order valence-corrected chi connectivity index (χ2v) is 20.8. The summed E-state index contributed by atoms with van der Waals surface area (Å²) < 4.78 is 0. The van der Waals surface area contributed by atoms with Crippen LogP contribution in [0.2, 0.25) is 0 Å². The Hall–Kier alpha value is -9.70. The van der Waals surface area contributed by atoms with Crippen molar-refractivity contribution >= 4 is 0 Å². The number of benzene rings is 10. The maximum absolute atomic E-state index is 5.25. The fourth-order valence-corrected chi connectivity index (χ4v) is 11.0. The average molecular weight is 1240 g/mol. The number of rotatable bonds is 16. The van der Waals surface area contributed by atoms with E-state index in [1.54, 1.807) is 0 Å². The van der Waals surface area contributed by atoms with E-state index < -0.39 is 0 Å². The Kier molecular flexibility index (Phi) is 16.5. The van der Waals surface area contributed by atoms with Gasteiger partial charge >= 0.3 is 20.1 Å². The van der Waals surface area contributed by atoms with Crippen LogP contribution in [0, 0.1) is 18.2 Å². The number of pyridine rings is 3. The molecule has 0 bridgehead atoms. The fourth-order valence-electron chi connectivity index (χ4n) is 11.0. The Morgan fingerprint density at radius 2 is 0.590 bits per heavy atom. The summed E-state index contributed by atoms with van der Waals surface area (Å²) in [4.78, 5) is 15.2. The number of hydrogen-bond acceptors (Lipinski definition) is 3. The Bertz CT molecular complexity index is 4130. The third kappa shape index (κ3) is 12.6. The summed E-state index contributed by atoms with van der Waals surface area (Å²) in [6.07, 6.45) is 9.52. The molecule has 13 aromatic rings. The monoisotopic (exact) mass is 1240 g/mol. The zero-order valence-electron chi connectivity index (χ0n) is 45.7. The molecule has 396 valence electrons. The van der Waals surface area contributed by atoms with E-state index in [0.29, 0.717) is 0 Å². The van der Waals surface area contributed by atoms with Gasteiger partial charge in [-0.05, 0) is 86.9 Å². The predicted octanol–water partition coefficient (Wildman–Crippen LogP) is 19.5. The minimum absolute atomic E-state index is 0. The molecule has 3 nitrogen and oxygen atoms in total. The van der Waals surface area contributed by atoms with Crippen LogP contribution >= 0.6 is 0 Å². The van der Waals surface area contributed by atoms with E-state index in [-0.39, 0.29) is 20.1 Å². The molecule has 83 heavy (non-hydrogen) atoms. The summed E-state index contributed by atoms with van der Waals surface area (Å²) in [5.74, 6) is 0. The van der Waals surface area contributed by atoms with Crippen molar-refractivity contribution in [1.82, 2.24) is 15.0 Å². The number of aromatic nitrogens is 3. The van der Waals surface area contributed by atoms with Gasteiger partial charge in [-0.25, -0.2) is 0 Å². The van der Waals surface area contributed by atoms with Crippen LogP contribution in [0.25, 0.3) is 112 Å². The fraction of sp³-hybridized carbons (Fsp3) is 0.0506. The molecule has 0 radical (unpaired) electrons. The molecular weight excluding hydrogens is 1180 g/mol. The zero-order chi connectivity index (χ0) is 54.9. The van der Waals surface area contributed by atoms with Gasteiger partial charge < -0.3 is 0 Å². The maximum atomic E-state index is 5.25. The normalized spacial score (nSPS) is 11.0. The van der Waals surface area contributed by atoms with Gasteiger partial charge in [0, 0.05) is 41.2 Å². The number of hydrogen-bond donors (Lipinski definition) is 0. The van der Waals surface area contributed by atoms with Crippen molar-refractivity contribution in [1.29, 1.82) is 0 Å². The molecule has 0 saturated carbocycles. The summed E-state index contributed by atoms with van der Waals surface area (Å²) in [5.41, 5.74) is 26.2. The van der Waals surface area contributed by atoms with Crippen molar-refractivity contribution in [3.05, 3.63) is 332 Å². The van der Waals surface area contributed by atoms with Crippen molar-refractivity contribution in [3.8, 4) is 112 Å². The van der Waals surface area contributed by atoms with Gasteiger partial charge in [-0.1, -0.05) is 252 Å². The van der Waals surface area contributed by atoms with Crippen molar-refractivity contribution < 1.29 is 20.1 Å². The summed E-state index contributed by atoms with van der Waals surface area (Å²) in [7, 11) is 0. The molecule has 3 heterocycles. The van der Waals surface area contributed by atoms with Gasteiger partial charge in [0.25, 0.3) is 0 Å². The van der Waals surface area contributed by atoms with Gasteiger partial charge in [0.1, 0.15) is 0 Å². The summed E-state index contributed by atoms with van der Waals surface area (Å²) in [6.45, 7) is 0. The molecule has 0 fully saturated rings. The molecule has 0 atom stereocenters. The van der Waals surface area contributed by atoms with E-state index in [4.69, 9.17) is 15.0 Å². The molecule has 3 aromatic heterocycles. The second-order valence-electron chi connectivity index (χ2n) is 20.8. The van der Waals surface area contributed by atoms with Gasteiger partial charge in [-0.15, -0.1) is 89.5 Å². The van der Waals surface area contributed by atoms with Gasteiger partial charge in [-0.3, -0.25) is 15.0 Å². The summed E-state index contributed by atoms with van der Waals surface area (Å²) >= 11 is 0. The molecule has 0 aliphatic carbocycles. The molecule has 0 aliphatic rings. The Morgan fingerprint density at radius 1 is 0.217 bits per heavy atom. The third-order valence-corrected chi connectivity index (χ3v) is 15.3. The minimum atomic E-state index is 0. The maximum Gasteiger partial charge on any atom is 3.00 e. The molecule has 0 unspecified atom stereocenters. The largest absolute Gasteiger partial charge is 3.00 e. The molecule has 10 aromatic carbocycles. The third-order valence-electron chi connectivity index (χ3n) is 15.3. The van der Waals surface area contributed by atoms with E-state index >= 15 is 0 Å². The Morgan fingerprint density at radius 3 is 1.05 bits per heavy atom. The first-order valence-corrected chi connectivity index (χ1v) is 28.1. The van der Waals surface area contributed by atoms with Crippen LogP contribution in [0.15, 0.2) is 292 Å². The van der Waals surface area contributed by atoms with Crippen molar-refractivity contribution in [2.45, 2.75) is 25.7 Å². The molecular formula is C79H56IrN3. The SMILES string of the molecule is [Ir+3].[c-]1c(-c2ccccc2)cccc1-c1ccc(CCc2cc(CCc3ccc(-c4[c-]c(-c5ccccc5)ccc4)nc3)cc(-c3ccccc3-c3cnc(-c4[c-]c(-c5ccccc5)ccc4)cc3-c3ccc(-c4ccccc4)cc3)c2)cn1. The molecule has 0 N–H and O–H groups in total. The zero-order valence-corrected chi connectivity index (χ0v) is 48.1. The average Bonchev–Trinajstić information content (AvgIpc) is 3.58. The topological polar surface area (TPSA) is 38.7 Å². The Balaban J connectivity index is 0.00000680. The predicted molar refractivity (Wildman–Crippen MR) is 338 cm³/mol. The van der Waals surface area contributed by atoms with E-state index in [1.807, 2.05) is 30.6 Å². The first-order chi connectivity index (χ1) is 40.6. The van der Waals surface area contributed by atoms with Crippen LogP contribution in [-0.4, -0.2) is 15.0 Å². The molecule has 0 amide bonds. The van der Waals surface area contributed by atoms with Crippen molar-refractivity contribution in [2.24, 2.45) is 0 Å². The molecule has 0 spiro atoms.